The first kappa shape index (κ1) is 13.9. The second-order valence-corrected chi connectivity index (χ2v) is 7.28. The number of imidazole rings is 1. The number of fused-ring (bicyclic) bond motifs is 1. The first-order chi connectivity index (χ1) is 9.20. The molecule has 0 saturated carbocycles. The predicted molar refractivity (Wildman–Crippen MR) is 87.6 cm³/mol. The van der Waals surface area contributed by atoms with Crippen LogP contribution in [0, 0.1) is 9.39 Å². The number of nitrogens with zero attached hydrogens (tertiary/aromatic N) is 2. The van der Waals surface area contributed by atoms with Gasteiger partial charge in [-0.2, -0.15) is 11.8 Å². The molecule has 19 heavy (non-hydrogen) atoms. The minimum absolute atomic E-state index is 0.180. The van der Waals surface area contributed by atoms with E-state index in [4.69, 9.17) is 11.6 Å². The van der Waals surface area contributed by atoms with Crippen molar-refractivity contribution in [2.24, 2.45) is 0 Å². The number of alkyl halides is 1. The highest BCUT2D eigenvalue weighted by Crippen LogP contribution is 2.33. The van der Waals surface area contributed by atoms with E-state index in [1.807, 2.05) is 34.4 Å². The number of thioether (sulfide) groups is 1. The van der Waals surface area contributed by atoms with Crippen LogP contribution in [0.5, 0.6) is 0 Å². The zero-order valence-electron chi connectivity index (χ0n) is 10.2. The summed E-state index contributed by atoms with van der Waals surface area (Å²) in [6.07, 6.45) is 2.21. The van der Waals surface area contributed by atoms with Crippen LogP contribution in [0.15, 0.2) is 12.1 Å². The summed E-state index contributed by atoms with van der Waals surface area (Å²) in [5.74, 6) is 3.35. The van der Waals surface area contributed by atoms with E-state index in [9.17, 15) is 4.39 Å². The van der Waals surface area contributed by atoms with Crippen molar-refractivity contribution in [2.45, 2.75) is 24.8 Å². The Labute approximate surface area is 134 Å². The molecule has 0 spiro atoms. The minimum atomic E-state index is -0.180. The molecule has 0 N–H and O–H groups in total. The number of aromatic nitrogens is 2. The lowest BCUT2D eigenvalue weighted by molar-refractivity contribution is 0.469. The summed E-state index contributed by atoms with van der Waals surface area (Å²) in [7, 11) is 0. The first-order valence-corrected chi connectivity index (χ1v) is 8.97. The standard InChI is InChI=1S/C13H13ClFIN2S/c14-7-13-17-11-6-10(16)9(15)5-12(11)18(13)8-1-3-19-4-2-8/h5-6,8H,1-4,7H2. The summed E-state index contributed by atoms with van der Waals surface area (Å²) in [4.78, 5) is 4.56. The summed E-state index contributed by atoms with van der Waals surface area (Å²) in [5.41, 5.74) is 1.73. The molecule has 1 saturated heterocycles. The summed E-state index contributed by atoms with van der Waals surface area (Å²) >= 11 is 10.00. The quantitative estimate of drug-likeness (QED) is 0.532. The molecule has 0 unspecified atom stereocenters. The third-order valence-corrected chi connectivity index (χ3v) is 5.59. The SMILES string of the molecule is Fc1cc2c(cc1I)nc(CCl)n2C1CCSCC1. The van der Waals surface area contributed by atoms with E-state index < -0.39 is 0 Å². The second-order valence-electron chi connectivity index (χ2n) is 4.63. The van der Waals surface area contributed by atoms with E-state index in [0.29, 0.717) is 15.5 Å². The summed E-state index contributed by atoms with van der Waals surface area (Å²) in [6, 6.07) is 3.80. The van der Waals surface area contributed by atoms with Crippen LogP contribution in [-0.2, 0) is 5.88 Å². The van der Waals surface area contributed by atoms with Gasteiger partial charge in [0.15, 0.2) is 0 Å². The van der Waals surface area contributed by atoms with Crippen LogP contribution in [0.25, 0.3) is 11.0 Å². The normalized spacial score (nSPS) is 17.2. The molecule has 1 aromatic carbocycles. The average molecular weight is 411 g/mol. The Hall–Kier alpha value is -0.0100. The Morgan fingerprint density at radius 3 is 2.84 bits per heavy atom. The molecule has 0 aliphatic carbocycles. The molecule has 2 heterocycles. The second kappa shape index (κ2) is 5.77. The van der Waals surface area contributed by atoms with Crippen molar-refractivity contribution in [1.29, 1.82) is 0 Å². The Balaban J connectivity index is 2.16. The summed E-state index contributed by atoms with van der Waals surface area (Å²) < 4.78 is 16.6. The molecule has 3 rings (SSSR count). The van der Waals surface area contributed by atoms with Crippen molar-refractivity contribution in [3.05, 3.63) is 27.3 Å². The average Bonchev–Trinajstić information content (AvgIpc) is 2.78. The Morgan fingerprint density at radius 1 is 1.42 bits per heavy atom. The zero-order chi connectivity index (χ0) is 13.4. The van der Waals surface area contributed by atoms with Crippen molar-refractivity contribution in [1.82, 2.24) is 9.55 Å². The van der Waals surface area contributed by atoms with Gasteiger partial charge < -0.3 is 4.57 Å². The van der Waals surface area contributed by atoms with E-state index in [0.717, 1.165) is 41.2 Å². The molecule has 1 aromatic heterocycles. The third kappa shape index (κ3) is 2.61. The van der Waals surface area contributed by atoms with Gasteiger partial charge in [0.05, 0.1) is 20.5 Å². The van der Waals surface area contributed by atoms with E-state index in [1.165, 1.54) is 0 Å². The highest BCUT2D eigenvalue weighted by atomic mass is 127. The zero-order valence-corrected chi connectivity index (χ0v) is 13.9. The molecule has 0 bridgehead atoms. The fraction of sp³-hybridized carbons (Fsp3) is 0.462. The van der Waals surface area contributed by atoms with Crippen LogP contribution < -0.4 is 0 Å². The van der Waals surface area contributed by atoms with Crippen molar-refractivity contribution in [3.8, 4) is 0 Å². The molecule has 2 nitrogen and oxygen atoms in total. The topological polar surface area (TPSA) is 17.8 Å². The lowest BCUT2D eigenvalue weighted by atomic mass is 10.1. The first-order valence-electron chi connectivity index (χ1n) is 6.20. The van der Waals surface area contributed by atoms with Gasteiger partial charge in [-0.1, -0.05) is 0 Å². The fourth-order valence-electron chi connectivity index (χ4n) is 2.59. The molecule has 102 valence electrons. The van der Waals surface area contributed by atoms with Crippen LogP contribution in [0.4, 0.5) is 4.39 Å². The van der Waals surface area contributed by atoms with Gasteiger partial charge in [0.1, 0.15) is 11.6 Å². The van der Waals surface area contributed by atoms with Crippen molar-refractivity contribution in [2.75, 3.05) is 11.5 Å². The van der Waals surface area contributed by atoms with Gasteiger partial charge in [-0.15, -0.1) is 11.6 Å². The van der Waals surface area contributed by atoms with Crippen LogP contribution in [0.3, 0.4) is 0 Å². The molecule has 1 aliphatic rings. The fourth-order valence-corrected chi connectivity index (χ4v) is 4.31. The van der Waals surface area contributed by atoms with Crippen LogP contribution in [0.1, 0.15) is 24.7 Å². The molecule has 1 fully saturated rings. The van der Waals surface area contributed by atoms with Crippen LogP contribution in [0.2, 0.25) is 0 Å². The highest BCUT2D eigenvalue weighted by Gasteiger charge is 2.22. The minimum Gasteiger partial charge on any atom is -0.324 e. The van der Waals surface area contributed by atoms with E-state index in [-0.39, 0.29) is 5.82 Å². The number of hydrogen-bond acceptors (Lipinski definition) is 2. The summed E-state index contributed by atoms with van der Waals surface area (Å²) in [6.45, 7) is 0. The van der Waals surface area contributed by atoms with Gasteiger partial charge >= 0.3 is 0 Å². The lowest BCUT2D eigenvalue weighted by Crippen LogP contribution is -2.17. The van der Waals surface area contributed by atoms with Gasteiger partial charge in [0, 0.05) is 12.1 Å². The maximum absolute atomic E-state index is 13.8. The van der Waals surface area contributed by atoms with Gasteiger partial charge in [0.25, 0.3) is 0 Å². The van der Waals surface area contributed by atoms with Gasteiger partial charge in [0.2, 0.25) is 0 Å². The van der Waals surface area contributed by atoms with Gasteiger partial charge in [-0.3, -0.25) is 0 Å². The largest absolute Gasteiger partial charge is 0.324 e. The predicted octanol–water partition coefficient (Wildman–Crippen LogP) is 4.59. The van der Waals surface area contributed by atoms with Crippen LogP contribution in [-0.4, -0.2) is 21.1 Å². The number of hydrogen-bond donors (Lipinski definition) is 0. The van der Waals surface area contributed by atoms with Gasteiger partial charge in [-0.05, 0) is 53.0 Å². The number of benzene rings is 1. The smallest absolute Gasteiger partial charge is 0.138 e. The van der Waals surface area contributed by atoms with Crippen molar-refractivity contribution >= 4 is 57.0 Å². The summed E-state index contributed by atoms with van der Waals surface area (Å²) in [5, 5.41) is 0. The molecule has 0 radical (unpaired) electrons. The monoisotopic (exact) mass is 410 g/mol. The molecule has 6 heteroatoms. The molecular weight excluding hydrogens is 398 g/mol. The molecule has 0 atom stereocenters. The highest BCUT2D eigenvalue weighted by molar-refractivity contribution is 14.1. The molecule has 1 aliphatic heterocycles. The maximum Gasteiger partial charge on any atom is 0.138 e. The molecule has 2 aromatic rings. The molecular formula is C13H13ClFIN2S. The van der Waals surface area contributed by atoms with Crippen LogP contribution >= 0.6 is 46.0 Å². The Morgan fingerprint density at radius 2 is 2.16 bits per heavy atom. The molecule has 0 amide bonds. The van der Waals surface area contributed by atoms with E-state index in [1.54, 1.807) is 12.1 Å². The Bertz CT molecular complexity index is 610. The number of rotatable bonds is 2. The maximum atomic E-state index is 13.8. The lowest BCUT2D eigenvalue weighted by Gasteiger charge is -2.25. The van der Waals surface area contributed by atoms with Crippen molar-refractivity contribution in [3.63, 3.8) is 0 Å². The van der Waals surface area contributed by atoms with E-state index >= 15 is 0 Å². The number of halogens is 3. The third-order valence-electron chi connectivity index (χ3n) is 3.48. The van der Waals surface area contributed by atoms with Gasteiger partial charge in [-0.25, -0.2) is 9.37 Å². The van der Waals surface area contributed by atoms with E-state index in [2.05, 4.69) is 9.55 Å². The Kier molecular flexibility index (Phi) is 4.24. The van der Waals surface area contributed by atoms with Crippen molar-refractivity contribution < 1.29 is 4.39 Å².